The van der Waals surface area contributed by atoms with Gasteiger partial charge in [-0.25, -0.2) is 9.67 Å². The van der Waals surface area contributed by atoms with Gasteiger partial charge in [-0.1, -0.05) is 30.3 Å². The molecule has 1 aliphatic heterocycles. The molecule has 0 spiro atoms. The summed E-state index contributed by atoms with van der Waals surface area (Å²) in [6, 6.07) is 11.7. The van der Waals surface area contributed by atoms with E-state index in [1.165, 1.54) is 0 Å². The Morgan fingerprint density at radius 3 is 2.36 bits per heavy atom. The molecule has 7 nitrogen and oxygen atoms in total. The second-order valence-corrected chi connectivity index (χ2v) is 6.92. The molecule has 0 aliphatic carbocycles. The highest BCUT2D eigenvalue weighted by Gasteiger charge is 2.26. The van der Waals surface area contributed by atoms with E-state index in [0.29, 0.717) is 38.3 Å². The highest BCUT2D eigenvalue weighted by atomic mass is 16.2. The Morgan fingerprint density at radius 2 is 1.71 bits per heavy atom. The van der Waals surface area contributed by atoms with Crippen molar-refractivity contribution in [3.05, 3.63) is 48.2 Å². The van der Waals surface area contributed by atoms with Gasteiger partial charge < -0.3 is 9.80 Å². The van der Waals surface area contributed by atoms with Crippen molar-refractivity contribution in [3.8, 4) is 11.3 Å². The third kappa shape index (κ3) is 3.24. The summed E-state index contributed by atoms with van der Waals surface area (Å²) in [6.07, 6.45) is 1.72. The van der Waals surface area contributed by atoms with Gasteiger partial charge in [-0.15, -0.1) is 0 Å². The van der Waals surface area contributed by atoms with Gasteiger partial charge in [0.05, 0.1) is 22.8 Å². The number of rotatable bonds is 3. The first-order valence-corrected chi connectivity index (χ1v) is 9.55. The van der Waals surface area contributed by atoms with E-state index >= 15 is 0 Å². The largest absolute Gasteiger partial charge is 0.339 e. The number of hydrogen-bond donors (Lipinski definition) is 0. The summed E-state index contributed by atoms with van der Waals surface area (Å²) in [5.41, 5.74) is 3.05. The zero-order chi connectivity index (χ0) is 19.7. The first-order valence-electron chi connectivity index (χ1n) is 9.55. The van der Waals surface area contributed by atoms with Crippen LogP contribution in [-0.2, 0) is 11.3 Å². The van der Waals surface area contributed by atoms with E-state index in [1.807, 2.05) is 52.9 Å². The molecule has 0 atom stereocenters. The fourth-order valence-electron chi connectivity index (χ4n) is 3.61. The summed E-state index contributed by atoms with van der Waals surface area (Å²) in [7, 11) is 0. The van der Waals surface area contributed by atoms with Gasteiger partial charge >= 0.3 is 0 Å². The van der Waals surface area contributed by atoms with E-state index in [9.17, 15) is 9.59 Å². The third-order valence-electron chi connectivity index (χ3n) is 5.22. The highest BCUT2D eigenvalue weighted by molar-refractivity contribution is 6.06. The molecule has 7 heteroatoms. The van der Waals surface area contributed by atoms with E-state index in [2.05, 4.69) is 5.10 Å². The van der Waals surface area contributed by atoms with Crippen LogP contribution in [0.5, 0.6) is 0 Å². The molecule has 1 fully saturated rings. The summed E-state index contributed by atoms with van der Waals surface area (Å²) in [5, 5.41) is 5.17. The highest BCUT2D eigenvalue weighted by Crippen LogP contribution is 2.26. The predicted molar refractivity (Wildman–Crippen MR) is 107 cm³/mol. The standard InChI is InChI=1S/C21H23N5O2/c1-3-26-20-18(14-22-26)17(13-19(23-20)16-7-5-4-6-8-16)21(28)25-11-9-24(10-12-25)15(2)27/h4-8,13-14H,3,9-12H2,1-2H3. The molecule has 144 valence electrons. The molecule has 2 amide bonds. The summed E-state index contributed by atoms with van der Waals surface area (Å²) in [4.78, 5) is 33.3. The minimum Gasteiger partial charge on any atom is -0.339 e. The Bertz CT molecular complexity index is 1020. The zero-order valence-corrected chi connectivity index (χ0v) is 16.1. The van der Waals surface area contributed by atoms with E-state index in [1.54, 1.807) is 18.0 Å². The fraction of sp³-hybridized carbons (Fsp3) is 0.333. The van der Waals surface area contributed by atoms with Crippen LogP contribution in [-0.4, -0.2) is 62.6 Å². The molecule has 4 rings (SSSR count). The lowest BCUT2D eigenvalue weighted by molar-refractivity contribution is -0.130. The van der Waals surface area contributed by atoms with Gasteiger partial charge in [-0.3, -0.25) is 9.59 Å². The van der Waals surface area contributed by atoms with Crippen LogP contribution in [0.1, 0.15) is 24.2 Å². The molecule has 28 heavy (non-hydrogen) atoms. The maximum Gasteiger partial charge on any atom is 0.254 e. The van der Waals surface area contributed by atoms with Crippen molar-refractivity contribution < 1.29 is 9.59 Å². The topological polar surface area (TPSA) is 71.3 Å². The van der Waals surface area contributed by atoms with Crippen LogP contribution >= 0.6 is 0 Å². The predicted octanol–water partition coefficient (Wildman–Crippen LogP) is 2.42. The van der Waals surface area contributed by atoms with Gasteiger partial charge in [0, 0.05) is 45.2 Å². The summed E-state index contributed by atoms with van der Waals surface area (Å²) in [6.45, 7) is 6.44. The minimum atomic E-state index is -0.0385. The van der Waals surface area contributed by atoms with E-state index in [4.69, 9.17) is 4.98 Å². The molecular weight excluding hydrogens is 354 g/mol. The second-order valence-electron chi connectivity index (χ2n) is 6.92. The Balaban J connectivity index is 1.74. The maximum absolute atomic E-state index is 13.3. The van der Waals surface area contributed by atoms with Gasteiger partial charge in [0.2, 0.25) is 5.91 Å². The summed E-state index contributed by atoms with van der Waals surface area (Å²) < 4.78 is 1.81. The van der Waals surface area contributed by atoms with Gasteiger partial charge in [-0.2, -0.15) is 5.10 Å². The lowest BCUT2D eigenvalue weighted by Crippen LogP contribution is -2.50. The number of nitrogens with zero attached hydrogens (tertiary/aromatic N) is 5. The van der Waals surface area contributed by atoms with Crippen LogP contribution in [0.25, 0.3) is 22.3 Å². The monoisotopic (exact) mass is 377 g/mol. The normalized spacial score (nSPS) is 14.5. The number of aromatic nitrogens is 3. The van der Waals surface area contributed by atoms with Crippen LogP contribution in [0.15, 0.2) is 42.6 Å². The van der Waals surface area contributed by atoms with Crippen LogP contribution in [0.3, 0.4) is 0 Å². The fourth-order valence-corrected chi connectivity index (χ4v) is 3.61. The van der Waals surface area contributed by atoms with Crippen molar-refractivity contribution in [3.63, 3.8) is 0 Å². The molecule has 1 aromatic carbocycles. The quantitative estimate of drug-likeness (QED) is 0.703. The molecule has 0 radical (unpaired) electrons. The van der Waals surface area contributed by atoms with Crippen molar-refractivity contribution in [1.82, 2.24) is 24.6 Å². The number of fused-ring (bicyclic) bond motifs is 1. The first kappa shape index (κ1) is 18.2. The molecule has 0 bridgehead atoms. The van der Waals surface area contributed by atoms with Crippen LogP contribution in [0, 0.1) is 0 Å². The summed E-state index contributed by atoms with van der Waals surface area (Å²) >= 11 is 0. The average Bonchev–Trinajstić information content (AvgIpc) is 3.16. The molecule has 0 saturated carbocycles. The maximum atomic E-state index is 13.3. The molecule has 1 saturated heterocycles. The van der Waals surface area contributed by atoms with Crippen LogP contribution < -0.4 is 0 Å². The number of hydrogen-bond acceptors (Lipinski definition) is 4. The van der Waals surface area contributed by atoms with Crippen molar-refractivity contribution >= 4 is 22.8 Å². The first-order chi connectivity index (χ1) is 13.6. The zero-order valence-electron chi connectivity index (χ0n) is 16.1. The SMILES string of the molecule is CCn1ncc2c(C(=O)N3CCN(C(C)=O)CC3)cc(-c3ccccc3)nc21. The van der Waals surface area contributed by atoms with Crippen molar-refractivity contribution in [2.24, 2.45) is 0 Å². The molecule has 2 aromatic heterocycles. The van der Waals surface area contributed by atoms with Crippen molar-refractivity contribution in [2.45, 2.75) is 20.4 Å². The van der Waals surface area contributed by atoms with Gasteiger partial charge in [0.1, 0.15) is 0 Å². The van der Waals surface area contributed by atoms with Crippen molar-refractivity contribution in [1.29, 1.82) is 0 Å². The smallest absolute Gasteiger partial charge is 0.254 e. The molecule has 0 N–H and O–H groups in total. The van der Waals surface area contributed by atoms with Crippen molar-refractivity contribution in [2.75, 3.05) is 26.2 Å². The Hall–Kier alpha value is -3.22. The van der Waals surface area contributed by atoms with Gasteiger partial charge in [0.25, 0.3) is 5.91 Å². The third-order valence-corrected chi connectivity index (χ3v) is 5.22. The van der Waals surface area contributed by atoms with Gasteiger partial charge in [-0.05, 0) is 13.0 Å². The number of aryl methyl sites for hydroxylation is 1. The number of piperazine rings is 1. The Labute approximate surface area is 163 Å². The van der Waals surface area contributed by atoms with E-state index in [0.717, 1.165) is 22.3 Å². The lowest BCUT2D eigenvalue weighted by Gasteiger charge is -2.34. The van der Waals surface area contributed by atoms with Crippen LogP contribution in [0.2, 0.25) is 0 Å². The Kier molecular flexibility index (Phi) is 4.81. The Morgan fingerprint density at radius 1 is 1.04 bits per heavy atom. The number of carbonyl (C=O) groups excluding carboxylic acids is 2. The summed E-state index contributed by atoms with van der Waals surface area (Å²) in [5.74, 6) is 0.0115. The number of benzene rings is 1. The average molecular weight is 377 g/mol. The molecule has 0 unspecified atom stereocenters. The molecular formula is C21H23N5O2. The van der Waals surface area contributed by atoms with Crippen LogP contribution in [0.4, 0.5) is 0 Å². The molecule has 3 heterocycles. The number of pyridine rings is 1. The molecule has 3 aromatic rings. The molecule has 1 aliphatic rings. The minimum absolute atomic E-state index is 0.0385. The lowest BCUT2D eigenvalue weighted by atomic mass is 10.1. The van der Waals surface area contributed by atoms with Gasteiger partial charge in [0.15, 0.2) is 5.65 Å². The number of amides is 2. The van der Waals surface area contributed by atoms with E-state index in [-0.39, 0.29) is 11.8 Å². The second kappa shape index (κ2) is 7.42. The van der Waals surface area contributed by atoms with E-state index < -0.39 is 0 Å². The number of carbonyl (C=O) groups is 2.